The molecule has 1 unspecified atom stereocenters. The molecule has 1 aliphatic heterocycles. The molecule has 0 saturated carbocycles. The normalized spacial score (nSPS) is 16.0. The molecule has 0 saturated heterocycles. The van der Waals surface area contributed by atoms with Crippen LogP contribution in [-0.2, 0) is 0 Å². The van der Waals surface area contributed by atoms with Gasteiger partial charge in [0.15, 0.2) is 11.2 Å². The number of carbonyl (C=O) groups is 1. The number of fused-ring (bicyclic) bond motifs is 2. The highest BCUT2D eigenvalue weighted by atomic mass is 19.1. The van der Waals surface area contributed by atoms with Crippen molar-refractivity contribution in [3.05, 3.63) is 87.5 Å². The van der Waals surface area contributed by atoms with E-state index in [9.17, 15) is 14.0 Å². The number of amides is 1. The molecule has 28 heavy (non-hydrogen) atoms. The second kappa shape index (κ2) is 5.85. The molecule has 1 aromatic carbocycles. The van der Waals surface area contributed by atoms with E-state index in [1.165, 1.54) is 17.0 Å². The molecule has 3 aromatic heterocycles. The summed E-state index contributed by atoms with van der Waals surface area (Å²) in [7, 11) is 0. The molecular weight excluding hydrogens is 365 g/mol. The number of hydrogen-bond acceptors (Lipinski definition) is 6. The number of nitrogens with zero attached hydrogens (tertiary/aromatic N) is 3. The third-order valence-electron chi connectivity index (χ3n) is 4.72. The van der Waals surface area contributed by atoms with Crippen molar-refractivity contribution in [2.75, 3.05) is 4.90 Å². The maximum atomic E-state index is 13.7. The summed E-state index contributed by atoms with van der Waals surface area (Å²) in [6, 6.07) is 7.82. The van der Waals surface area contributed by atoms with E-state index in [0.29, 0.717) is 11.3 Å². The summed E-state index contributed by atoms with van der Waals surface area (Å²) >= 11 is 0. The van der Waals surface area contributed by atoms with Crippen LogP contribution < -0.4 is 10.3 Å². The Labute approximate surface area is 157 Å². The number of hydrogen-bond donors (Lipinski definition) is 0. The largest absolute Gasteiger partial charge is 0.450 e. The molecule has 0 bridgehead atoms. The highest BCUT2D eigenvalue weighted by Gasteiger charge is 2.44. The molecule has 0 N–H and O–H groups in total. The second-order valence-electron chi connectivity index (χ2n) is 6.47. The van der Waals surface area contributed by atoms with Gasteiger partial charge in [-0.25, -0.2) is 4.39 Å². The minimum Gasteiger partial charge on any atom is -0.450 e. The maximum absolute atomic E-state index is 13.7. The first-order valence-electron chi connectivity index (χ1n) is 8.47. The van der Waals surface area contributed by atoms with Gasteiger partial charge in [-0.3, -0.25) is 19.5 Å². The van der Waals surface area contributed by atoms with Crippen molar-refractivity contribution < 1.29 is 18.1 Å². The van der Waals surface area contributed by atoms with E-state index in [1.807, 2.05) is 0 Å². The molecule has 0 aliphatic carbocycles. The van der Waals surface area contributed by atoms with Crippen LogP contribution in [0.4, 0.5) is 10.2 Å². The van der Waals surface area contributed by atoms with Crippen LogP contribution in [0.3, 0.4) is 0 Å². The van der Waals surface area contributed by atoms with Crippen LogP contribution in [0.1, 0.15) is 33.5 Å². The number of rotatable bonds is 2. The first-order valence-corrected chi connectivity index (χ1v) is 8.47. The highest BCUT2D eigenvalue weighted by Crippen LogP contribution is 2.40. The molecule has 0 radical (unpaired) electrons. The lowest BCUT2D eigenvalue weighted by Crippen LogP contribution is -2.29. The van der Waals surface area contributed by atoms with Crippen molar-refractivity contribution in [3.63, 3.8) is 0 Å². The van der Waals surface area contributed by atoms with Gasteiger partial charge in [-0.1, -0.05) is 5.16 Å². The predicted molar refractivity (Wildman–Crippen MR) is 96.6 cm³/mol. The Bertz CT molecular complexity index is 1300. The fourth-order valence-electron chi connectivity index (χ4n) is 3.51. The van der Waals surface area contributed by atoms with Crippen LogP contribution >= 0.6 is 0 Å². The molecule has 0 spiro atoms. The van der Waals surface area contributed by atoms with Gasteiger partial charge in [0.25, 0.3) is 5.91 Å². The van der Waals surface area contributed by atoms with Gasteiger partial charge in [0.2, 0.25) is 5.76 Å². The van der Waals surface area contributed by atoms with Crippen molar-refractivity contribution in [1.82, 2.24) is 10.1 Å². The number of aromatic nitrogens is 2. The highest BCUT2D eigenvalue weighted by molar-refractivity contribution is 6.10. The standard InChI is InChI=1S/C20H12FN3O4/c1-10-8-15(23-28-10)24-17(11-4-6-22-7-5-11)16-18(25)13-9-12(21)2-3-14(13)27-19(16)20(24)26/h2-9,17H,1H3. The molecule has 5 rings (SSSR count). The van der Waals surface area contributed by atoms with Gasteiger partial charge in [-0.2, -0.15) is 0 Å². The van der Waals surface area contributed by atoms with E-state index in [4.69, 9.17) is 8.94 Å². The van der Waals surface area contributed by atoms with Crippen molar-refractivity contribution in [1.29, 1.82) is 0 Å². The molecule has 138 valence electrons. The van der Waals surface area contributed by atoms with Gasteiger partial charge in [-0.05, 0) is 42.8 Å². The SMILES string of the molecule is Cc1cc(N2C(=O)c3oc4ccc(F)cc4c(=O)c3C2c2ccncc2)no1. The third-order valence-corrected chi connectivity index (χ3v) is 4.72. The number of halogens is 1. The van der Waals surface area contributed by atoms with E-state index in [-0.39, 0.29) is 28.1 Å². The van der Waals surface area contributed by atoms with E-state index in [1.54, 1.807) is 37.5 Å². The molecule has 4 aromatic rings. The van der Waals surface area contributed by atoms with Gasteiger partial charge in [0.1, 0.15) is 17.2 Å². The minimum atomic E-state index is -0.793. The smallest absolute Gasteiger partial charge is 0.296 e. The molecule has 8 heteroatoms. The van der Waals surface area contributed by atoms with Crippen molar-refractivity contribution in [2.45, 2.75) is 13.0 Å². The Morgan fingerprint density at radius 2 is 1.89 bits per heavy atom. The zero-order chi connectivity index (χ0) is 19.4. The van der Waals surface area contributed by atoms with Gasteiger partial charge >= 0.3 is 0 Å². The van der Waals surface area contributed by atoms with Crippen LogP contribution in [-0.4, -0.2) is 16.0 Å². The molecule has 1 atom stereocenters. The van der Waals surface area contributed by atoms with E-state index in [0.717, 1.165) is 6.07 Å². The topological polar surface area (TPSA) is 89.4 Å². The summed E-state index contributed by atoms with van der Waals surface area (Å²) in [5.74, 6) is -0.405. The van der Waals surface area contributed by atoms with E-state index in [2.05, 4.69) is 10.1 Å². The number of aryl methyl sites for hydroxylation is 1. The first kappa shape index (κ1) is 16.4. The van der Waals surface area contributed by atoms with E-state index < -0.39 is 23.2 Å². The third kappa shape index (κ3) is 2.27. The Morgan fingerprint density at radius 1 is 1.11 bits per heavy atom. The lowest BCUT2D eigenvalue weighted by molar-refractivity contribution is 0.0969. The number of carbonyl (C=O) groups excluding carboxylic acids is 1. The maximum Gasteiger partial charge on any atom is 0.296 e. The molecular formula is C20H12FN3O4. The summed E-state index contributed by atoms with van der Waals surface area (Å²) in [6.07, 6.45) is 3.12. The van der Waals surface area contributed by atoms with Crippen LogP contribution in [0.25, 0.3) is 11.0 Å². The van der Waals surface area contributed by atoms with Crippen molar-refractivity contribution in [3.8, 4) is 0 Å². The van der Waals surface area contributed by atoms with Crippen LogP contribution in [0.15, 0.2) is 62.5 Å². The molecule has 1 amide bonds. The number of anilines is 1. The number of benzene rings is 1. The van der Waals surface area contributed by atoms with Gasteiger partial charge in [0, 0.05) is 18.5 Å². The summed E-state index contributed by atoms with van der Waals surface area (Å²) < 4.78 is 24.6. The summed E-state index contributed by atoms with van der Waals surface area (Å²) in [5, 5.41) is 4.00. The average molecular weight is 377 g/mol. The number of pyridine rings is 1. The van der Waals surface area contributed by atoms with Crippen LogP contribution in [0.5, 0.6) is 0 Å². The van der Waals surface area contributed by atoms with Crippen LogP contribution in [0.2, 0.25) is 0 Å². The Hall–Kier alpha value is -3.81. The monoisotopic (exact) mass is 377 g/mol. The second-order valence-corrected chi connectivity index (χ2v) is 6.47. The Morgan fingerprint density at radius 3 is 2.61 bits per heavy atom. The van der Waals surface area contributed by atoms with Crippen LogP contribution in [0, 0.1) is 12.7 Å². The van der Waals surface area contributed by atoms with Gasteiger partial charge < -0.3 is 8.94 Å². The lowest BCUT2D eigenvalue weighted by Gasteiger charge is -2.22. The predicted octanol–water partition coefficient (Wildman–Crippen LogP) is 3.37. The average Bonchev–Trinajstić information content (AvgIpc) is 3.24. The zero-order valence-corrected chi connectivity index (χ0v) is 14.5. The quantitative estimate of drug-likeness (QED) is 0.532. The summed E-state index contributed by atoms with van der Waals surface area (Å²) in [6.45, 7) is 1.70. The van der Waals surface area contributed by atoms with Crippen molar-refractivity contribution >= 4 is 22.7 Å². The fraction of sp³-hybridized carbons (Fsp3) is 0.100. The minimum absolute atomic E-state index is 0.0730. The van der Waals surface area contributed by atoms with Gasteiger partial charge in [-0.15, -0.1) is 0 Å². The van der Waals surface area contributed by atoms with Gasteiger partial charge in [0.05, 0.1) is 17.0 Å². The summed E-state index contributed by atoms with van der Waals surface area (Å²) in [4.78, 5) is 31.7. The first-order chi connectivity index (χ1) is 13.5. The van der Waals surface area contributed by atoms with Crippen molar-refractivity contribution in [2.24, 2.45) is 0 Å². The summed E-state index contributed by atoms with van der Waals surface area (Å²) in [5.41, 5.74) is 0.458. The fourth-order valence-corrected chi connectivity index (χ4v) is 3.51. The Balaban J connectivity index is 1.84. The molecule has 7 nitrogen and oxygen atoms in total. The zero-order valence-electron chi connectivity index (χ0n) is 14.5. The molecule has 4 heterocycles. The molecule has 0 fully saturated rings. The van der Waals surface area contributed by atoms with E-state index >= 15 is 0 Å². The molecule has 1 aliphatic rings. The Kier molecular flexibility index (Phi) is 3.42. The lowest BCUT2D eigenvalue weighted by atomic mass is 9.99.